The van der Waals surface area contributed by atoms with Crippen LogP contribution in [0.1, 0.15) is 24.1 Å². The van der Waals surface area contributed by atoms with Crippen molar-refractivity contribution in [3.8, 4) is 23.1 Å². The van der Waals surface area contributed by atoms with Gasteiger partial charge in [-0.15, -0.1) is 6.58 Å². The third-order valence-electron chi connectivity index (χ3n) is 5.58. The molecule has 0 aliphatic heterocycles. The van der Waals surface area contributed by atoms with Crippen LogP contribution in [0.15, 0.2) is 67.3 Å². The smallest absolute Gasteiger partial charge is 0.227 e. The number of aromatic nitrogens is 2. The lowest BCUT2D eigenvalue weighted by atomic mass is 10.1. The SMILES string of the molecule is C=CCC[C@H](O)CN(CCOC)Cc1c(C)nn(-c2ccccc2)c1Oc1ccccc1OC. The quantitative estimate of drug-likeness (QED) is 0.346. The summed E-state index contributed by atoms with van der Waals surface area (Å²) >= 11 is 0. The van der Waals surface area contributed by atoms with Gasteiger partial charge in [-0.2, -0.15) is 5.10 Å². The zero-order valence-electron chi connectivity index (χ0n) is 20.3. The first-order valence-electron chi connectivity index (χ1n) is 11.5. The Morgan fingerprint density at radius 2 is 1.79 bits per heavy atom. The molecule has 0 bridgehead atoms. The minimum Gasteiger partial charge on any atom is -0.493 e. The molecule has 3 aromatic rings. The van der Waals surface area contributed by atoms with Crippen molar-refractivity contribution in [2.75, 3.05) is 33.9 Å². The van der Waals surface area contributed by atoms with Gasteiger partial charge < -0.3 is 19.3 Å². The summed E-state index contributed by atoms with van der Waals surface area (Å²) in [6.45, 7) is 8.03. The summed E-state index contributed by atoms with van der Waals surface area (Å²) in [6.07, 6.45) is 2.81. The molecule has 0 saturated heterocycles. The lowest BCUT2D eigenvalue weighted by molar-refractivity contribution is 0.0804. The minimum absolute atomic E-state index is 0.460. The van der Waals surface area contributed by atoms with Gasteiger partial charge in [-0.3, -0.25) is 4.90 Å². The maximum absolute atomic E-state index is 10.6. The Labute approximate surface area is 202 Å². The fourth-order valence-electron chi connectivity index (χ4n) is 3.76. The van der Waals surface area contributed by atoms with E-state index in [1.54, 1.807) is 14.2 Å². The van der Waals surface area contributed by atoms with E-state index in [4.69, 9.17) is 19.3 Å². The van der Waals surface area contributed by atoms with Crippen molar-refractivity contribution in [2.24, 2.45) is 0 Å². The van der Waals surface area contributed by atoms with Crippen molar-refractivity contribution >= 4 is 0 Å². The summed E-state index contributed by atoms with van der Waals surface area (Å²) in [5.74, 6) is 1.87. The van der Waals surface area contributed by atoms with Gasteiger partial charge in [0.2, 0.25) is 5.88 Å². The van der Waals surface area contributed by atoms with Gasteiger partial charge in [-0.05, 0) is 44.0 Å². The number of aliphatic hydroxyl groups excluding tert-OH is 1. The molecule has 0 radical (unpaired) electrons. The molecule has 2 aromatic carbocycles. The standard InChI is InChI=1S/C27H35N3O4/c1-5-6-14-23(31)19-29(17-18-32-3)20-24-21(2)28-30(22-12-8-7-9-13-22)27(24)34-26-16-11-10-15-25(26)33-4/h5,7-13,15-16,23,31H,1,6,14,17-20H2,2-4H3/t23-/m0/s1. The van der Waals surface area contributed by atoms with Crippen LogP contribution in [0.4, 0.5) is 0 Å². The monoisotopic (exact) mass is 465 g/mol. The maximum atomic E-state index is 10.6. The van der Waals surface area contributed by atoms with Crippen LogP contribution in [0.5, 0.6) is 17.4 Å². The van der Waals surface area contributed by atoms with E-state index in [1.165, 1.54) is 0 Å². The Balaban J connectivity index is 1.99. The highest BCUT2D eigenvalue weighted by atomic mass is 16.5. The van der Waals surface area contributed by atoms with Gasteiger partial charge in [0.25, 0.3) is 0 Å². The van der Waals surface area contributed by atoms with Crippen LogP contribution in [0.2, 0.25) is 0 Å². The maximum Gasteiger partial charge on any atom is 0.227 e. The summed E-state index contributed by atoms with van der Waals surface area (Å²) < 4.78 is 19.1. The summed E-state index contributed by atoms with van der Waals surface area (Å²) in [4.78, 5) is 2.17. The van der Waals surface area contributed by atoms with E-state index in [-0.39, 0.29) is 0 Å². The number of ether oxygens (including phenoxy) is 3. The Morgan fingerprint density at radius 1 is 1.09 bits per heavy atom. The van der Waals surface area contributed by atoms with E-state index in [0.29, 0.717) is 50.0 Å². The first-order valence-corrected chi connectivity index (χ1v) is 11.5. The van der Waals surface area contributed by atoms with Crippen LogP contribution in [-0.4, -0.2) is 59.8 Å². The zero-order chi connectivity index (χ0) is 24.3. The second-order valence-electron chi connectivity index (χ2n) is 8.12. The molecule has 0 amide bonds. The third-order valence-corrected chi connectivity index (χ3v) is 5.58. The summed E-state index contributed by atoms with van der Waals surface area (Å²) in [5, 5.41) is 15.4. The van der Waals surface area contributed by atoms with Crippen molar-refractivity contribution in [2.45, 2.75) is 32.4 Å². The molecule has 0 unspecified atom stereocenters. The molecule has 34 heavy (non-hydrogen) atoms. The normalized spacial score (nSPS) is 12.0. The second-order valence-corrected chi connectivity index (χ2v) is 8.12. The highest BCUT2D eigenvalue weighted by Crippen LogP contribution is 2.36. The zero-order valence-corrected chi connectivity index (χ0v) is 20.3. The molecule has 7 heteroatoms. The Bertz CT molecular complexity index is 1040. The fraction of sp³-hybridized carbons (Fsp3) is 0.370. The molecular formula is C27H35N3O4. The fourth-order valence-corrected chi connectivity index (χ4v) is 3.76. The van der Waals surface area contributed by atoms with Gasteiger partial charge in [0.1, 0.15) is 0 Å². The summed E-state index contributed by atoms with van der Waals surface area (Å²) in [5.41, 5.74) is 2.70. The number of benzene rings is 2. The predicted octanol–water partition coefficient (Wildman–Crippen LogP) is 4.76. The summed E-state index contributed by atoms with van der Waals surface area (Å²) in [6, 6.07) is 17.5. The minimum atomic E-state index is -0.460. The molecule has 1 atom stereocenters. The second kappa shape index (κ2) is 12.9. The topological polar surface area (TPSA) is 69.0 Å². The van der Waals surface area contributed by atoms with Crippen molar-refractivity contribution < 1.29 is 19.3 Å². The van der Waals surface area contributed by atoms with Crippen LogP contribution in [0.3, 0.4) is 0 Å². The van der Waals surface area contributed by atoms with Gasteiger partial charge in [0.05, 0.1) is 36.8 Å². The van der Waals surface area contributed by atoms with Crippen molar-refractivity contribution in [3.63, 3.8) is 0 Å². The van der Waals surface area contributed by atoms with Gasteiger partial charge in [-0.1, -0.05) is 36.4 Å². The Morgan fingerprint density at radius 3 is 2.47 bits per heavy atom. The molecule has 3 rings (SSSR count). The molecule has 1 aromatic heterocycles. The van der Waals surface area contributed by atoms with Crippen LogP contribution in [0, 0.1) is 6.92 Å². The largest absolute Gasteiger partial charge is 0.493 e. The third kappa shape index (κ3) is 6.70. The van der Waals surface area contributed by atoms with Crippen molar-refractivity contribution in [3.05, 3.63) is 78.5 Å². The average molecular weight is 466 g/mol. The molecular weight excluding hydrogens is 430 g/mol. The van der Waals surface area contributed by atoms with Crippen molar-refractivity contribution in [1.82, 2.24) is 14.7 Å². The van der Waals surface area contributed by atoms with E-state index in [2.05, 4.69) is 11.5 Å². The van der Waals surface area contributed by atoms with Gasteiger partial charge in [-0.25, -0.2) is 4.68 Å². The molecule has 182 valence electrons. The molecule has 0 aliphatic rings. The first-order chi connectivity index (χ1) is 16.6. The number of aliphatic hydroxyl groups is 1. The average Bonchev–Trinajstić information content (AvgIpc) is 3.16. The number of hydrogen-bond donors (Lipinski definition) is 1. The van der Waals surface area contributed by atoms with Gasteiger partial charge in [0.15, 0.2) is 11.5 Å². The lowest BCUT2D eigenvalue weighted by Crippen LogP contribution is -2.34. The molecule has 0 aliphatic carbocycles. The highest BCUT2D eigenvalue weighted by Gasteiger charge is 2.23. The number of para-hydroxylation sites is 3. The van der Waals surface area contributed by atoms with Gasteiger partial charge >= 0.3 is 0 Å². The molecule has 7 nitrogen and oxygen atoms in total. The van der Waals surface area contributed by atoms with Crippen LogP contribution >= 0.6 is 0 Å². The van der Waals surface area contributed by atoms with Crippen LogP contribution in [-0.2, 0) is 11.3 Å². The lowest BCUT2D eigenvalue weighted by Gasteiger charge is -2.25. The predicted molar refractivity (Wildman–Crippen MR) is 134 cm³/mol. The molecule has 0 saturated carbocycles. The molecule has 1 heterocycles. The van der Waals surface area contributed by atoms with Crippen LogP contribution in [0.25, 0.3) is 5.69 Å². The van der Waals surface area contributed by atoms with Gasteiger partial charge in [0, 0.05) is 26.7 Å². The van der Waals surface area contributed by atoms with Crippen molar-refractivity contribution in [1.29, 1.82) is 0 Å². The number of hydrogen-bond acceptors (Lipinski definition) is 6. The van der Waals surface area contributed by atoms with Crippen LogP contribution < -0.4 is 9.47 Å². The van der Waals surface area contributed by atoms with E-state index < -0.39 is 6.10 Å². The number of rotatable bonds is 14. The van der Waals surface area contributed by atoms with E-state index in [0.717, 1.165) is 23.4 Å². The number of aryl methyl sites for hydroxylation is 1. The van der Waals surface area contributed by atoms with E-state index >= 15 is 0 Å². The number of nitrogens with zero attached hydrogens (tertiary/aromatic N) is 3. The molecule has 0 spiro atoms. The molecule has 1 N–H and O–H groups in total. The Kier molecular flexibility index (Phi) is 9.70. The number of methoxy groups -OCH3 is 2. The number of allylic oxidation sites excluding steroid dienone is 1. The van der Waals surface area contributed by atoms with E-state index in [1.807, 2.05) is 72.3 Å². The highest BCUT2D eigenvalue weighted by molar-refractivity contribution is 5.47. The Hall–Kier alpha value is -3.13. The van der Waals surface area contributed by atoms with E-state index in [9.17, 15) is 5.11 Å². The first kappa shape index (κ1) is 25.5. The molecule has 0 fully saturated rings. The summed E-state index contributed by atoms with van der Waals surface area (Å²) in [7, 11) is 3.31.